The molecule has 0 unspecified atom stereocenters. The Balaban J connectivity index is 2.14. The molecule has 1 aliphatic rings. The van der Waals surface area contributed by atoms with Crippen molar-refractivity contribution in [2.75, 3.05) is 6.54 Å². The number of hydrogen-bond donors (Lipinski definition) is 2. The Morgan fingerprint density at radius 1 is 1.45 bits per heavy atom. The SMILES string of the molecule is N#Cc1ccc(/C=C2\SC(=NCC(=O)O)NC2=O)cc1. The molecule has 1 aliphatic heterocycles. The van der Waals surface area contributed by atoms with Crippen molar-refractivity contribution in [2.45, 2.75) is 0 Å². The molecule has 1 fully saturated rings. The molecule has 6 nitrogen and oxygen atoms in total. The van der Waals surface area contributed by atoms with Crippen LogP contribution in [0.4, 0.5) is 0 Å². The van der Waals surface area contributed by atoms with Crippen molar-refractivity contribution in [3.8, 4) is 6.07 Å². The van der Waals surface area contributed by atoms with Gasteiger partial charge in [0.2, 0.25) is 0 Å². The maximum Gasteiger partial charge on any atom is 0.325 e. The third kappa shape index (κ3) is 3.46. The van der Waals surface area contributed by atoms with Crippen molar-refractivity contribution >= 4 is 34.9 Å². The van der Waals surface area contributed by atoms with Gasteiger partial charge in [-0.15, -0.1) is 0 Å². The van der Waals surface area contributed by atoms with Gasteiger partial charge in [-0.1, -0.05) is 12.1 Å². The molecule has 0 atom stereocenters. The fourth-order valence-corrected chi connectivity index (χ4v) is 2.27. The fraction of sp³-hybridized carbons (Fsp3) is 0.0769. The van der Waals surface area contributed by atoms with Gasteiger partial charge >= 0.3 is 5.97 Å². The molecule has 2 rings (SSSR count). The number of nitrogens with zero attached hydrogens (tertiary/aromatic N) is 2. The van der Waals surface area contributed by atoms with Crippen LogP contribution in [0.5, 0.6) is 0 Å². The van der Waals surface area contributed by atoms with E-state index in [9.17, 15) is 9.59 Å². The number of carbonyl (C=O) groups excluding carboxylic acids is 1. The van der Waals surface area contributed by atoms with Crippen LogP contribution >= 0.6 is 11.8 Å². The maximum absolute atomic E-state index is 11.7. The van der Waals surface area contributed by atoms with E-state index >= 15 is 0 Å². The number of carboxylic acid groups (broad SMARTS) is 1. The third-order valence-corrected chi connectivity index (χ3v) is 3.29. The lowest BCUT2D eigenvalue weighted by Crippen LogP contribution is -2.20. The summed E-state index contributed by atoms with van der Waals surface area (Å²) in [6.45, 7) is -0.382. The van der Waals surface area contributed by atoms with Gasteiger partial charge in [0.05, 0.1) is 16.5 Å². The van der Waals surface area contributed by atoms with Crippen LogP contribution in [0.2, 0.25) is 0 Å². The number of benzene rings is 1. The first kappa shape index (κ1) is 13.8. The van der Waals surface area contributed by atoms with Gasteiger partial charge in [-0.3, -0.25) is 14.6 Å². The van der Waals surface area contributed by atoms with Crippen LogP contribution in [-0.4, -0.2) is 28.7 Å². The molecule has 0 radical (unpaired) electrons. The topological polar surface area (TPSA) is 103 Å². The van der Waals surface area contributed by atoms with Gasteiger partial charge < -0.3 is 10.4 Å². The maximum atomic E-state index is 11.7. The summed E-state index contributed by atoms with van der Waals surface area (Å²) < 4.78 is 0. The molecule has 0 aliphatic carbocycles. The molecule has 1 aromatic rings. The van der Waals surface area contributed by atoms with Crippen molar-refractivity contribution in [3.63, 3.8) is 0 Å². The number of amides is 1. The monoisotopic (exact) mass is 287 g/mol. The third-order valence-electron chi connectivity index (χ3n) is 2.35. The van der Waals surface area contributed by atoms with Crippen LogP contribution in [0.1, 0.15) is 11.1 Å². The quantitative estimate of drug-likeness (QED) is 0.813. The van der Waals surface area contributed by atoms with E-state index in [1.54, 1.807) is 30.3 Å². The highest BCUT2D eigenvalue weighted by molar-refractivity contribution is 8.18. The summed E-state index contributed by atoms with van der Waals surface area (Å²) in [7, 11) is 0. The van der Waals surface area contributed by atoms with Crippen LogP contribution < -0.4 is 5.32 Å². The van der Waals surface area contributed by atoms with Gasteiger partial charge in [-0.05, 0) is 35.5 Å². The van der Waals surface area contributed by atoms with Crippen molar-refractivity contribution in [3.05, 3.63) is 40.3 Å². The number of nitriles is 1. The minimum absolute atomic E-state index is 0.275. The molecule has 1 saturated heterocycles. The standard InChI is InChI=1S/C13H9N3O3S/c14-6-9-3-1-8(2-4-9)5-10-12(19)16-13(20-10)15-7-11(17)18/h1-5H,7H2,(H,17,18)(H,15,16,19)/b10-5-. The summed E-state index contributed by atoms with van der Waals surface area (Å²) in [5, 5.41) is 20.0. The highest BCUT2D eigenvalue weighted by Crippen LogP contribution is 2.25. The molecule has 0 spiro atoms. The number of nitrogens with one attached hydrogen (secondary N) is 1. The first-order valence-electron chi connectivity index (χ1n) is 5.56. The lowest BCUT2D eigenvalue weighted by Gasteiger charge is -1.94. The molecular formula is C13H9N3O3S. The molecule has 20 heavy (non-hydrogen) atoms. The van der Waals surface area contributed by atoms with Crippen LogP contribution in [0.25, 0.3) is 6.08 Å². The molecular weight excluding hydrogens is 278 g/mol. The Morgan fingerprint density at radius 3 is 2.75 bits per heavy atom. The Kier molecular flexibility index (Phi) is 4.17. The van der Waals surface area contributed by atoms with E-state index in [-0.39, 0.29) is 17.6 Å². The van der Waals surface area contributed by atoms with Crippen LogP contribution in [-0.2, 0) is 9.59 Å². The molecule has 0 bridgehead atoms. The Bertz CT molecular complexity index is 656. The number of carbonyl (C=O) groups is 2. The molecule has 0 saturated carbocycles. The van der Waals surface area contributed by atoms with Crippen molar-refractivity contribution < 1.29 is 14.7 Å². The number of aliphatic imine (C=N–C) groups is 1. The highest BCUT2D eigenvalue weighted by Gasteiger charge is 2.23. The molecule has 2 N–H and O–H groups in total. The van der Waals surface area contributed by atoms with E-state index in [2.05, 4.69) is 10.3 Å². The van der Waals surface area contributed by atoms with Gasteiger partial charge in [0.25, 0.3) is 5.91 Å². The average Bonchev–Trinajstić information content (AvgIpc) is 2.78. The minimum atomic E-state index is -1.06. The Labute approximate surface area is 118 Å². The molecule has 100 valence electrons. The summed E-state index contributed by atoms with van der Waals surface area (Å²) in [4.78, 5) is 26.3. The number of thioether (sulfide) groups is 1. The van der Waals surface area contributed by atoms with Gasteiger partial charge in [0, 0.05) is 0 Å². The zero-order valence-electron chi connectivity index (χ0n) is 10.2. The molecule has 1 amide bonds. The zero-order valence-corrected chi connectivity index (χ0v) is 11.0. The van der Waals surface area contributed by atoms with E-state index in [4.69, 9.17) is 10.4 Å². The second-order valence-electron chi connectivity index (χ2n) is 3.81. The van der Waals surface area contributed by atoms with E-state index < -0.39 is 5.97 Å². The first-order valence-corrected chi connectivity index (χ1v) is 6.37. The smallest absolute Gasteiger partial charge is 0.325 e. The van der Waals surface area contributed by atoms with Crippen LogP contribution in [0.15, 0.2) is 34.2 Å². The first-order chi connectivity index (χ1) is 9.58. The normalized spacial score (nSPS) is 18.1. The second kappa shape index (κ2) is 6.04. The second-order valence-corrected chi connectivity index (χ2v) is 4.84. The Morgan fingerprint density at radius 2 is 2.15 bits per heavy atom. The van der Waals surface area contributed by atoms with Crippen molar-refractivity contribution in [1.82, 2.24) is 5.32 Å². The molecule has 7 heteroatoms. The summed E-state index contributed by atoms with van der Waals surface area (Å²) in [6, 6.07) is 8.78. The van der Waals surface area contributed by atoms with Crippen LogP contribution in [0.3, 0.4) is 0 Å². The largest absolute Gasteiger partial charge is 0.480 e. The van der Waals surface area contributed by atoms with Crippen molar-refractivity contribution in [2.24, 2.45) is 4.99 Å². The zero-order chi connectivity index (χ0) is 14.5. The predicted molar refractivity (Wildman–Crippen MR) is 74.8 cm³/mol. The Hall–Kier alpha value is -2.59. The fourth-order valence-electron chi connectivity index (χ4n) is 1.45. The van der Waals surface area contributed by atoms with Gasteiger partial charge in [-0.2, -0.15) is 5.26 Å². The summed E-state index contributed by atoms with van der Waals surface area (Å²) in [5.74, 6) is -1.37. The molecule has 1 aromatic carbocycles. The number of rotatable bonds is 3. The average molecular weight is 287 g/mol. The lowest BCUT2D eigenvalue weighted by molar-refractivity contribution is -0.135. The molecule has 1 heterocycles. The highest BCUT2D eigenvalue weighted by atomic mass is 32.2. The predicted octanol–water partition coefficient (Wildman–Crippen LogP) is 1.20. The van der Waals surface area contributed by atoms with E-state index in [1.807, 2.05) is 6.07 Å². The number of hydrogen-bond acceptors (Lipinski definition) is 5. The van der Waals surface area contributed by atoms with E-state index in [1.165, 1.54) is 0 Å². The summed E-state index contributed by atoms with van der Waals surface area (Å²) in [6.07, 6.45) is 1.66. The minimum Gasteiger partial charge on any atom is -0.480 e. The van der Waals surface area contributed by atoms with E-state index in [0.29, 0.717) is 10.5 Å². The van der Waals surface area contributed by atoms with Crippen molar-refractivity contribution in [1.29, 1.82) is 5.26 Å². The van der Waals surface area contributed by atoms with Gasteiger partial charge in [-0.25, -0.2) is 0 Å². The number of aliphatic carboxylic acids is 1. The molecule has 0 aromatic heterocycles. The summed E-state index contributed by atoms with van der Waals surface area (Å²) in [5.41, 5.74) is 1.32. The lowest BCUT2D eigenvalue weighted by atomic mass is 10.1. The number of carboxylic acids is 1. The number of amidine groups is 1. The summed E-state index contributed by atoms with van der Waals surface area (Å²) >= 11 is 1.09. The van der Waals surface area contributed by atoms with E-state index in [0.717, 1.165) is 17.3 Å². The van der Waals surface area contributed by atoms with Gasteiger partial charge in [0.1, 0.15) is 6.54 Å². The van der Waals surface area contributed by atoms with Gasteiger partial charge in [0.15, 0.2) is 5.17 Å². The van der Waals surface area contributed by atoms with Crippen LogP contribution in [0, 0.1) is 11.3 Å².